The van der Waals surface area contributed by atoms with Crippen molar-refractivity contribution in [2.24, 2.45) is 5.73 Å². The summed E-state index contributed by atoms with van der Waals surface area (Å²) in [5.41, 5.74) is 3.96. The third-order valence-corrected chi connectivity index (χ3v) is 1.82. The van der Waals surface area contributed by atoms with Crippen LogP contribution in [0.2, 0.25) is 0 Å². The van der Waals surface area contributed by atoms with Gasteiger partial charge < -0.3 is 10.8 Å². The summed E-state index contributed by atoms with van der Waals surface area (Å²) in [4.78, 5) is 10.8. The number of aliphatic hydroxyl groups is 1. The van der Waals surface area contributed by atoms with Crippen molar-refractivity contribution in [3.63, 3.8) is 0 Å². The van der Waals surface area contributed by atoms with Gasteiger partial charge in [0.2, 0.25) is 0 Å². The summed E-state index contributed by atoms with van der Waals surface area (Å²) in [6.45, 7) is 5.38. The fraction of sp³-hybridized carbons (Fsp3) is 0.364. The van der Waals surface area contributed by atoms with Crippen LogP contribution in [0.4, 0.5) is 0 Å². The van der Waals surface area contributed by atoms with E-state index in [1.165, 1.54) is 6.92 Å². The molecule has 1 unspecified atom stereocenters. The van der Waals surface area contributed by atoms with E-state index in [1.807, 2.05) is 13.8 Å². The molecule has 0 saturated heterocycles. The molecule has 0 aliphatic heterocycles. The maximum absolute atomic E-state index is 10.8. The van der Waals surface area contributed by atoms with Crippen LogP contribution < -0.4 is 5.73 Å². The molecule has 0 aliphatic carbocycles. The van der Waals surface area contributed by atoms with Crippen LogP contribution in [0.15, 0.2) is 30.3 Å². The van der Waals surface area contributed by atoms with Crippen LogP contribution in [0, 0.1) is 0 Å². The van der Waals surface area contributed by atoms with Gasteiger partial charge in [0, 0.05) is 0 Å². The smallest absolute Gasteiger partial charge is 0.253 e. The highest BCUT2D eigenvalue weighted by Gasteiger charge is 2.29. The second-order valence-corrected chi connectivity index (χ2v) is 2.80. The SMILES string of the molecule is CC.CC(O)(C(N)=O)c1ccccc1. The summed E-state index contributed by atoms with van der Waals surface area (Å²) >= 11 is 0. The fourth-order valence-electron chi connectivity index (χ4n) is 0.905. The first-order valence-electron chi connectivity index (χ1n) is 4.63. The molecule has 0 radical (unpaired) electrons. The molecule has 1 amide bonds. The predicted molar refractivity (Wildman–Crippen MR) is 56.6 cm³/mol. The van der Waals surface area contributed by atoms with Crippen LogP contribution in [0.3, 0.4) is 0 Å². The van der Waals surface area contributed by atoms with Crippen molar-refractivity contribution in [1.29, 1.82) is 0 Å². The van der Waals surface area contributed by atoms with Crippen LogP contribution >= 0.6 is 0 Å². The highest BCUT2D eigenvalue weighted by Crippen LogP contribution is 2.18. The highest BCUT2D eigenvalue weighted by molar-refractivity contribution is 5.84. The maximum atomic E-state index is 10.8. The van der Waals surface area contributed by atoms with Gasteiger partial charge in [0.05, 0.1) is 0 Å². The third kappa shape index (κ3) is 2.85. The van der Waals surface area contributed by atoms with Crippen molar-refractivity contribution in [2.45, 2.75) is 26.4 Å². The Morgan fingerprint density at radius 1 is 1.29 bits per heavy atom. The number of amides is 1. The molecule has 1 atom stereocenters. The van der Waals surface area contributed by atoms with Gasteiger partial charge in [0.25, 0.3) is 5.91 Å². The second-order valence-electron chi connectivity index (χ2n) is 2.80. The Bertz CT molecular complexity index is 281. The summed E-state index contributed by atoms with van der Waals surface area (Å²) in [6.07, 6.45) is 0. The molecule has 0 saturated carbocycles. The molecule has 78 valence electrons. The van der Waals surface area contributed by atoms with Gasteiger partial charge in [0.15, 0.2) is 5.60 Å². The van der Waals surface area contributed by atoms with Gasteiger partial charge in [-0.3, -0.25) is 4.79 Å². The van der Waals surface area contributed by atoms with Crippen molar-refractivity contribution in [3.05, 3.63) is 35.9 Å². The molecular formula is C11H17NO2. The normalized spacial score (nSPS) is 13.4. The molecule has 1 rings (SSSR count). The van der Waals surface area contributed by atoms with Crippen LogP contribution in [-0.2, 0) is 10.4 Å². The van der Waals surface area contributed by atoms with Crippen LogP contribution in [0.5, 0.6) is 0 Å². The predicted octanol–water partition coefficient (Wildman–Crippen LogP) is 1.41. The van der Waals surface area contributed by atoms with E-state index in [2.05, 4.69) is 0 Å². The maximum Gasteiger partial charge on any atom is 0.253 e. The van der Waals surface area contributed by atoms with E-state index in [0.29, 0.717) is 5.56 Å². The Labute approximate surface area is 84.6 Å². The number of carbonyl (C=O) groups is 1. The summed E-state index contributed by atoms with van der Waals surface area (Å²) in [6, 6.07) is 8.61. The number of nitrogens with two attached hydrogens (primary N) is 1. The van der Waals surface area contributed by atoms with E-state index in [-0.39, 0.29) is 0 Å². The Hall–Kier alpha value is -1.35. The van der Waals surface area contributed by atoms with Gasteiger partial charge in [-0.2, -0.15) is 0 Å². The summed E-state index contributed by atoms with van der Waals surface area (Å²) in [7, 11) is 0. The lowest BCUT2D eigenvalue weighted by atomic mass is 9.96. The molecule has 3 nitrogen and oxygen atoms in total. The second kappa shape index (κ2) is 5.40. The average molecular weight is 195 g/mol. The van der Waals surface area contributed by atoms with Gasteiger partial charge in [-0.05, 0) is 12.5 Å². The lowest BCUT2D eigenvalue weighted by Crippen LogP contribution is -2.38. The zero-order valence-electron chi connectivity index (χ0n) is 8.82. The zero-order chi connectivity index (χ0) is 11.2. The highest BCUT2D eigenvalue weighted by atomic mass is 16.3. The molecule has 3 N–H and O–H groups in total. The van der Waals surface area contributed by atoms with E-state index < -0.39 is 11.5 Å². The van der Waals surface area contributed by atoms with E-state index in [1.54, 1.807) is 30.3 Å². The number of benzene rings is 1. The van der Waals surface area contributed by atoms with Crippen molar-refractivity contribution < 1.29 is 9.90 Å². The summed E-state index contributed by atoms with van der Waals surface area (Å²) in [5.74, 6) is -0.742. The van der Waals surface area contributed by atoms with E-state index in [4.69, 9.17) is 5.73 Å². The van der Waals surface area contributed by atoms with Gasteiger partial charge in [-0.1, -0.05) is 44.2 Å². The number of primary amides is 1. The quantitative estimate of drug-likeness (QED) is 0.749. The molecule has 1 aromatic carbocycles. The molecule has 3 heteroatoms. The number of carbonyl (C=O) groups excluding carboxylic acids is 1. The summed E-state index contributed by atoms with van der Waals surface area (Å²) in [5, 5.41) is 9.59. The molecule has 0 spiro atoms. The molecular weight excluding hydrogens is 178 g/mol. The molecule has 0 fully saturated rings. The minimum Gasteiger partial charge on any atom is -0.376 e. The lowest BCUT2D eigenvalue weighted by Gasteiger charge is -2.18. The standard InChI is InChI=1S/C9H11NO2.C2H6/c1-9(12,8(10)11)7-5-3-2-4-6-7;1-2/h2-6,12H,1H3,(H2,10,11);1-2H3. The molecule has 0 bridgehead atoms. The minimum absolute atomic E-state index is 0.512. The van der Waals surface area contributed by atoms with Crippen molar-refractivity contribution in [2.75, 3.05) is 0 Å². The van der Waals surface area contributed by atoms with Crippen LogP contribution in [0.1, 0.15) is 26.3 Å². The average Bonchev–Trinajstić information content (AvgIpc) is 2.22. The van der Waals surface area contributed by atoms with Crippen molar-refractivity contribution in [3.8, 4) is 0 Å². The third-order valence-electron chi connectivity index (χ3n) is 1.82. The Morgan fingerprint density at radius 3 is 2.07 bits per heavy atom. The molecule has 0 heterocycles. The fourth-order valence-corrected chi connectivity index (χ4v) is 0.905. The van der Waals surface area contributed by atoms with Gasteiger partial charge in [0.1, 0.15) is 0 Å². The number of hydrogen-bond acceptors (Lipinski definition) is 2. The Balaban J connectivity index is 0.000000791. The number of hydrogen-bond donors (Lipinski definition) is 2. The first-order chi connectivity index (χ1) is 6.55. The number of rotatable bonds is 2. The topological polar surface area (TPSA) is 63.3 Å². The molecule has 0 aromatic heterocycles. The largest absolute Gasteiger partial charge is 0.376 e. The first-order valence-corrected chi connectivity index (χ1v) is 4.63. The molecule has 0 aliphatic rings. The van der Waals surface area contributed by atoms with E-state index >= 15 is 0 Å². The lowest BCUT2D eigenvalue weighted by molar-refractivity contribution is -0.135. The zero-order valence-corrected chi connectivity index (χ0v) is 8.82. The minimum atomic E-state index is -1.57. The molecule has 14 heavy (non-hydrogen) atoms. The van der Waals surface area contributed by atoms with Gasteiger partial charge in [-0.15, -0.1) is 0 Å². The van der Waals surface area contributed by atoms with Crippen molar-refractivity contribution in [1.82, 2.24) is 0 Å². The van der Waals surface area contributed by atoms with Crippen molar-refractivity contribution >= 4 is 5.91 Å². The monoisotopic (exact) mass is 195 g/mol. The first kappa shape index (κ1) is 12.7. The van der Waals surface area contributed by atoms with E-state index in [9.17, 15) is 9.90 Å². The van der Waals surface area contributed by atoms with Crippen LogP contribution in [-0.4, -0.2) is 11.0 Å². The molecule has 1 aromatic rings. The van der Waals surface area contributed by atoms with Crippen LogP contribution in [0.25, 0.3) is 0 Å². The van der Waals surface area contributed by atoms with Gasteiger partial charge >= 0.3 is 0 Å². The van der Waals surface area contributed by atoms with Gasteiger partial charge in [-0.25, -0.2) is 0 Å². The summed E-state index contributed by atoms with van der Waals surface area (Å²) < 4.78 is 0. The Kier molecular flexibility index (Phi) is 4.87. The van der Waals surface area contributed by atoms with E-state index in [0.717, 1.165) is 0 Å². The Morgan fingerprint density at radius 2 is 1.71 bits per heavy atom.